The molecule has 1 saturated carbocycles. The number of allylic oxidation sites excluding steroid dienone is 2. The molecule has 0 aliphatic heterocycles. The Morgan fingerprint density at radius 3 is 2.08 bits per heavy atom. The molecule has 1 unspecified atom stereocenters. The monoisotopic (exact) mass is 338 g/mol. The van der Waals surface area contributed by atoms with Gasteiger partial charge in [0.15, 0.2) is 17.5 Å². The molecule has 1 aromatic carbocycles. The van der Waals surface area contributed by atoms with Crippen molar-refractivity contribution < 1.29 is 13.2 Å². The first kappa shape index (κ1) is 19.1. The molecule has 0 N–H and O–H groups in total. The molecule has 1 aromatic rings. The van der Waals surface area contributed by atoms with Gasteiger partial charge in [-0.05, 0) is 67.6 Å². The summed E-state index contributed by atoms with van der Waals surface area (Å²) >= 11 is 0. The second-order valence-electron chi connectivity index (χ2n) is 7.01. The highest BCUT2D eigenvalue weighted by atomic mass is 19.2. The highest BCUT2D eigenvalue weighted by molar-refractivity contribution is 5.66. The maximum atomic E-state index is 13.9. The molecule has 0 aromatic heterocycles. The molecule has 0 amide bonds. The predicted molar refractivity (Wildman–Crippen MR) is 94.1 cm³/mol. The predicted octanol–water partition coefficient (Wildman–Crippen LogP) is 7.14. The van der Waals surface area contributed by atoms with E-state index in [1.807, 2.05) is 19.9 Å². The first-order chi connectivity index (χ1) is 11.6. The van der Waals surface area contributed by atoms with E-state index in [0.29, 0.717) is 5.92 Å². The SMILES string of the molecule is CC.CC1CCC(C2CC=C(c3ccc(F)c(F)c3F)CC2)CC1. The van der Waals surface area contributed by atoms with Gasteiger partial charge in [0, 0.05) is 5.56 Å². The maximum absolute atomic E-state index is 13.9. The second-order valence-corrected chi connectivity index (χ2v) is 7.01. The molecule has 24 heavy (non-hydrogen) atoms. The molecule has 2 aliphatic rings. The zero-order chi connectivity index (χ0) is 17.7. The van der Waals surface area contributed by atoms with Crippen LogP contribution in [0.3, 0.4) is 0 Å². The fourth-order valence-electron chi connectivity index (χ4n) is 4.06. The lowest BCUT2D eigenvalue weighted by Gasteiger charge is -2.34. The van der Waals surface area contributed by atoms with Crippen LogP contribution in [0.25, 0.3) is 5.57 Å². The highest BCUT2D eigenvalue weighted by Gasteiger charge is 2.28. The third-order valence-electron chi connectivity index (χ3n) is 5.56. The Bertz CT molecular complexity index is 569. The molecule has 3 heteroatoms. The summed E-state index contributed by atoms with van der Waals surface area (Å²) in [7, 11) is 0. The van der Waals surface area contributed by atoms with Gasteiger partial charge in [0.05, 0.1) is 0 Å². The van der Waals surface area contributed by atoms with Crippen molar-refractivity contribution in [2.75, 3.05) is 0 Å². The van der Waals surface area contributed by atoms with Gasteiger partial charge in [-0.3, -0.25) is 0 Å². The van der Waals surface area contributed by atoms with Crippen LogP contribution in [0.2, 0.25) is 0 Å². The first-order valence-electron chi connectivity index (χ1n) is 9.39. The van der Waals surface area contributed by atoms with Gasteiger partial charge in [0.25, 0.3) is 0 Å². The van der Waals surface area contributed by atoms with E-state index >= 15 is 0 Å². The van der Waals surface area contributed by atoms with E-state index in [4.69, 9.17) is 0 Å². The molecule has 0 spiro atoms. The van der Waals surface area contributed by atoms with Crippen molar-refractivity contribution in [1.29, 1.82) is 0 Å². The Balaban J connectivity index is 0.00000100. The number of hydrogen-bond donors (Lipinski definition) is 0. The molecular formula is C21H29F3. The lowest BCUT2D eigenvalue weighted by Crippen LogP contribution is -2.22. The van der Waals surface area contributed by atoms with Crippen molar-refractivity contribution in [3.05, 3.63) is 41.2 Å². The summed E-state index contributed by atoms with van der Waals surface area (Å²) in [6, 6.07) is 2.38. The summed E-state index contributed by atoms with van der Waals surface area (Å²) in [6.07, 6.45) is 10.0. The minimum atomic E-state index is -1.36. The number of halogens is 3. The zero-order valence-corrected chi connectivity index (χ0v) is 15.0. The van der Waals surface area contributed by atoms with Crippen molar-refractivity contribution in [3.63, 3.8) is 0 Å². The average Bonchev–Trinajstić information content (AvgIpc) is 2.63. The van der Waals surface area contributed by atoms with E-state index in [-0.39, 0.29) is 5.56 Å². The van der Waals surface area contributed by atoms with Gasteiger partial charge in [-0.2, -0.15) is 0 Å². The van der Waals surface area contributed by atoms with Gasteiger partial charge in [-0.15, -0.1) is 0 Å². The van der Waals surface area contributed by atoms with Crippen molar-refractivity contribution in [2.24, 2.45) is 17.8 Å². The Labute approximate surface area is 144 Å². The quantitative estimate of drug-likeness (QED) is 0.503. The lowest BCUT2D eigenvalue weighted by molar-refractivity contribution is 0.202. The van der Waals surface area contributed by atoms with Crippen LogP contribution in [0.1, 0.15) is 71.3 Å². The summed E-state index contributed by atoms with van der Waals surface area (Å²) in [6.45, 7) is 6.32. The minimum absolute atomic E-state index is 0.231. The second kappa shape index (κ2) is 8.73. The van der Waals surface area contributed by atoms with Crippen molar-refractivity contribution >= 4 is 5.57 Å². The van der Waals surface area contributed by atoms with Crippen LogP contribution in [-0.4, -0.2) is 0 Å². The summed E-state index contributed by atoms with van der Waals surface area (Å²) in [5.41, 5.74) is 1.06. The molecular weight excluding hydrogens is 309 g/mol. The van der Waals surface area contributed by atoms with Gasteiger partial charge in [-0.25, -0.2) is 13.2 Å². The van der Waals surface area contributed by atoms with E-state index in [1.165, 1.54) is 31.7 Å². The van der Waals surface area contributed by atoms with E-state index in [9.17, 15) is 13.2 Å². The Morgan fingerprint density at radius 2 is 1.50 bits per heavy atom. The molecule has 134 valence electrons. The molecule has 0 heterocycles. The fraction of sp³-hybridized carbons (Fsp3) is 0.619. The number of benzene rings is 1. The smallest absolute Gasteiger partial charge is 0.195 e. The van der Waals surface area contributed by atoms with E-state index in [0.717, 1.165) is 42.7 Å². The molecule has 0 bridgehead atoms. The summed E-state index contributed by atoms with van der Waals surface area (Å²) in [5.74, 6) is -1.22. The van der Waals surface area contributed by atoms with Crippen molar-refractivity contribution in [1.82, 2.24) is 0 Å². The molecule has 0 nitrogen and oxygen atoms in total. The number of rotatable bonds is 2. The molecule has 0 saturated heterocycles. The minimum Gasteiger partial charge on any atom is -0.204 e. The Hall–Kier alpha value is -1.25. The fourth-order valence-corrected chi connectivity index (χ4v) is 4.06. The van der Waals surface area contributed by atoms with Crippen LogP contribution in [0, 0.1) is 35.2 Å². The van der Waals surface area contributed by atoms with Crippen LogP contribution in [-0.2, 0) is 0 Å². The molecule has 3 rings (SSSR count). The standard InChI is InChI=1S/C19H23F3.C2H6/c1-12-2-4-13(5-3-12)14-6-8-15(9-7-14)16-10-11-17(20)19(22)18(16)21;1-2/h8,10-14H,2-7,9H2,1H3;1-2H3. The third kappa shape index (κ3) is 4.23. The van der Waals surface area contributed by atoms with Crippen LogP contribution in [0.15, 0.2) is 18.2 Å². The topological polar surface area (TPSA) is 0 Å². The van der Waals surface area contributed by atoms with Gasteiger partial charge < -0.3 is 0 Å². The van der Waals surface area contributed by atoms with Gasteiger partial charge >= 0.3 is 0 Å². The Kier molecular flexibility index (Phi) is 6.94. The Morgan fingerprint density at radius 1 is 0.833 bits per heavy atom. The van der Waals surface area contributed by atoms with Crippen LogP contribution in [0.4, 0.5) is 13.2 Å². The largest absolute Gasteiger partial charge is 0.204 e. The maximum Gasteiger partial charge on any atom is 0.195 e. The average molecular weight is 338 g/mol. The van der Waals surface area contributed by atoms with E-state index in [2.05, 4.69) is 6.92 Å². The highest BCUT2D eigenvalue weighted by Crippen LogP contribution is 2.41. The van der Waals surface area contributed by atoms with Gasteiger partial charge in [0.1, 0.15) is 0 Å². The summed E-state index contributed by atoms with van der Waals surface area (Å²) in [4.78, 5) is 0. The normalized spacial score (nSPS) is 27.1. The molecule has 1 fully saturated rings. The van der Waals surface area contributed by atoms with Crippen molar-refractivity contribution in [3.8, 4) is 0 Å². The van der Waals surface area contributed by atoms with Crippen LogP contribution in [0.5, 0.6) is 0 Å². The molecule has 1 atom stereocenters. The van der Waals surface area contributed by atoms with Crippen molar-refractivity contribution in [2.45, 2.75) is 65.7 Å². The first-order valence-corrected chi connectivity index (χ1v) is 9.39. The zero-order valence-electron chi connectivity index (χ0n) is 15.0. The van der Waals surface area contributed by atoms with E-state index in [1.54, 1.807) is 0 Å². The van der Waals surface area contributed by atoms with E-state index < -0.39 is 17.5 Å². The molecule has 2 aliphatic carbocycles. The van der Waals surface area contributed by atoms with Gasteiger partial charge in [0.2, 0.25) is 0 Å². The lowest BCUT2D eigenvalue weighted by atomic mass is 9.71. The molecule has 0 radical (unpaired) electrons. The van der Waals surface area contributed by atoms with Crippen LogP contribution < -0.4 is 0 Å². The summed E-state index contributed by atoms with van der Waals surface area (Å²) < 4.78 is 40.3. The van der Waals surface area contributed by atoms with Gasteiger partial charge in [-0.1, -0.05) is 39.7 Å². The number of hydrogen-bond acceptors (Lipinski definition) is 0. The van der Waals surface area contributed by atoms with Crippen LogP contribution >= 0.6 is 0 Å². The third-order valence-corrected chi connectivity index (χ3v) is 5.56. The summed E-state index contributed by atoms with van der Waals surface area (Å²) in [5, 5.41) is 0.